The van der Waals surface area contributed by atoms with Crippen molar-refractivity contribution in [1.82, 2.24) is 4.72 Å². The number of nitrogens with two attached hydrogens (primary N) is 1. The normalized spacial score (nSPS) is 11.3. The van der Waals surface area contributed by atoms with Gasteiger partial charge in [-0.3, -0.25) is 0 Å². The van der Waals surface area contributed by atoms with Crippen LogP contribution in [0.15, 0.2) is 59.5 Å². The molecule has 0 aromatic heterocycles. The first-order valence-electron chi connectivity index (χ1n) is 7.09. The van der Waals surface area contributed by atoms with Gasteiger partial charge in [0.1, 0.15) is 0 Å². The molecular formula is C17H15Cl3N2O2S. The summed E-state index contributed by atoms with van der Waals surface area (Å²) in [6.45, 7) is 0.0665. The molecule has 0 bridgehead atoms. The van der Waals surface area contributed by atoms with Crippen molar-refractivity contribution in [1.29, 1.82) is 0 Å². The van der Waals surface area contributed by atoms with Crippen molar-refractivity contribution in [3.05, 3.63) is 70.2 Å². The molecule has 0 heterocycles. The maximum atomic E-state index is 12.7. The Morgan fingerprint density at radius 3 is 2.36 bits per heavy atom. The third-order valence-corrected chi connectivity index (χ3v) is 5.72. The lowest BCUT2D eigenvalue weighted by Crippen LogP contribution is -2.23. The summed E-state index contributed by atoms with van der Waals surface area (Å²) in [5, 5.41) is 2.18. The van der Waals surface area contributed by atoms with Crippen LogP contribution in [0.4, 0.5) is 5.69 Å². The van der Waals surface area contributed by atoms with Crippen LogP contribution in [0.3, 0.4) is 0 Å². The number of rotatable bonds is 4. The first-order chi connectivity index (χ1) is 11.4. The van der Waals surface area contributed by atoms with E-state index >= 15 is 0 Å². The molecule has 8 heteroatoms. The van der Waals surface area contributed by atoms with Gasteiger partial charge in [-0.1, -0.05) is 53.5 Å². The van der Waals surface area contributed by atoms with Crippen LogP contribution in [0, 0.1) is 0 Å². The Kier molecular flexibility index (Phi) is 6.19. The van der Waals surface area contributed by atoms with E-state index in [0.29, 0.717) is 32.1 Å². The van der Waals surface area contributed by atoms with E-state index in [1.54, 1.807) is 54.6 Å². The molecule has 25 heavy (non-hydrogen) atoms. The smallest absolute Gasteiger partial charge is 0.241 e. The van der Waals surface area contributed by atoms with Crippen molar-refractivity contribution in [2.75, 3.05) is 5.73 Å². The highest BCUT2D eigenvalue weighted by Crippen LogP contribution is 2.27. The molecule has 3 rings (SSSR count). The Labute approximate surface area is 162 Å². The van der Waals surface area contributed by atoms with Crippen LogP contribution in [-0.4, -0.2) is 8.42 Å². The average molecular weight is 418 g/mol. The maximum Gasteiger partial charge on any atom is 0.241 e. The van der Waals surface area contributed by atoms with Gasteiger partial charge in [-0.2, -0.15) is 0 Å². The third-order valence-electron chi connectivity index (χ3n) is 3.67. The number of nitrogens with one attached hydrogen (secondary N) is 1. The quantitative estimate of drug-likeness (QED) is 0.608. The lowest BCUT2D eigenvalue weighted by atomic mass is 10.1. The molecule has 3 aromatic carbocycles. The van der Waals surface area contributed by atoms with Gasteiger partial charge >= 0.3 is 0 Å². The average Bonchev–Trinajstić information content (AvgIpc) is 2.54. The summed E-state index contributed by atoms with van der Waals surface area (Å²) in [7, 11) is -3.73. The summed E-state index contributed by atoms with van der Waals surface area (Å²) in [5.74, 6) is 0. The van der Waals surface area contributed by atoms with E-state index in [2.05, 4.69) is 4.72 Å². The van der Waals surface area contributed by atoms with Crippen LogP contribution < -0.4 is 10.5 Å². The van der Waals surface area contributed by atoms with E-state index < -0.39 is 10.0 Å². The molecule has 0 radical (unpaired) electrons. The molecular weight excluding hydrogens is 403 g/mol. The third kappa shape index (κ3) is 4.19. The Balaban J connectivity index is 0.00000225. The van der Waals surface area contributed by atoms with Gasteiger partial charge < -0.3 is 5.73 Å². The molecule has 0 unspecified atom stereocenters. The minimum Gasteiger partial charge on any atom is -0.398 e. The first-order valence-corrected chi connectivity index (χ1v) is 9.33. The molecule has 0 fully saturated rings. The fourth-order valence-corrected chi connectivity index (χ4v) is 4.16. The molecule has 132 valence electrons. The number of fused-ring (bicyclic) bond motifs is 1. The number of hydrogen-bond donors (Lipinski definition) is 2. The van der Waals surface area contributed by atoms with E-state index in [1.807, 2.05) is 0 Å². The zero-order chi connectivity index (χ0) is 17.3. The molecule has 0 amide bonds. The topological polar surface area (TPSA) is 72.2 Å². The van der Waals surface area contributed by atoms with Gasteiger partial charge in [0.15, 0.2) is 0 Å². The summed E-state index contributed by atoms with van der Waals surface area (Å²) < 4.78 is 27.9. The number of hydrogen-bond acceptors (Lipinski definition) is 3. The van der Waals surface area contributed by atoms with Crippen molar-refractivity contribution in [2.45, 2.75) is 11.4 Å². The van der Waals surface area contributed by atoms with Crippen LogP contribution >= 0.6 is 35.6 Å². The van der Waals surface area contributed by atoms with Gasteiger partial charge in [0.25, 0.3) is 0 Å². The number of benzene rings is 3. The second kappa shape index (κ2) is 7.81. The Morgan fingerprint density at radius 1 is 0.960 bits per heavy atom. The predicted octanol–water partition coefficient (Wildman–Crippen LogP) is 4.63. The molecule has 3 aromatic rings. The molecule has 4 nitrogen and oxygen atoms in total. The Hall–Kier alpha value is -1.50. The van der Waals surface area contributed by atoms with Gasteiger partial charge in [-0.15, -0.1) is 12.4 Å². The lowest BCUT2D eigenvalue weighted by Gasteiger charge is -2.11. The van der Waals surface area contributed by atoms with E-state index in [4.69, 9.17) is 28.9 Å². The first kappa shape index (κ1) is 19.8. The van der Waals surface area contributed by atoms with Crippen molar-refractivity contribution >= 4 is 62.1 Å². The van der Waals surface area contributed by atoms with Crippen molar-refractivity contribution < 1.29 is 8.42 Å². The lowest BCUT2D eigenvalue weighted by molar-refractivity contribution is 0.582. The molecule has 0 spiro atoms. The van der Waals surface area contributed by atoms with E-state index in [0.717, 1.165) is 0 Å². The number of anilines is 1. The van der Waals surface area contributed by atoms with Gasteiger partial charge in [0.2, 0.25) is 10.0 Å². The highest BCUT2D eigenvalue weighted by atomic mass is 35.5. The molecule has 0 saturated carbocycles. The summed E-state index contributed by atoms with van der Waals surface area (Å²) in [4.78, 5) is 0.178. The Morgan fingerprint density at radius 2 is 1.64 bits per heavy atom. The van der Waals surface area contributed by atoms with E-state index in [9.17, 15) is 8.42 Å². The molecule has 0 saturated heterocycles. The molecule has 0 aliphatic heterocycles. The standard InChI is InChI=1S/C17H14Cl2N2O2S.ClH/c18-12-8-7-11(15(19)9-12)10-21-24(22,23)17-6-2-3-13-14(17)4-1-5-16(13)20;/h1-9,21H,10,20H2;1H. The van der Waals surface area contributed by atoms with Crippen LogP contribution in [0.2, 0.25) is 10.0 Å². The molecule has 3 N–H and O–H groups in total. The zero-order valence-corrected chi connectivity index (χ0v) is 16.0. The maximum absolute atomic E-state index is 12.7. The Bertz CT molecular complexity index is 1020. The monoisotopic (exact) mass is 416 g/mol. The number of nitrogen functional groups attached to an aromatic ring is 1. The zero-order valence-electron chi connectivity index (χ0n) is 12.9. The van der Waals surface area contributed by atoms with Crippen molar-refractivity contribution in [2.24, 2.45) is 0 Å². The van der Waals surface area contributed by atoms with Crippen LogP contribution in [0.25, 0.3) is 10.8 Å². The van der Waals surface area contributed by atoms with E-state index in [1.165, 1.54) is 0 Å². The van der Waals surface area contributed by atoms with Crippen LogP contribution in [0.5, 0.6) is 0 Å². The SMILES string of the molecule is Cl.Nc1cccc2c(S(=O)(=O)NCc3ccc(Cl)cc3Cl)cccc12. The van der Waals surface area contributed by atoms with Gasteiger partial charge in [0.05, 0.1) is 4.90 Å². The summed E-state index contributed by atoms with van der Waals surface area (Å²) in [5.41, 5.74) is 7.10. The second-order valence-corrected chi connectivity index (χ2v) is 7.84. The van der Waals surface area contributed by atoms with Crippen molar-refractivity contribution in [3.63, 3.8) is 0 Å². The number of sulfonamides is 1. The summed E-state index contributed by atoms with van der Waals surface area (Å²) in [6.07, 6.45) is 0. The van der Waals surface area contributed by atoms with Gasteiger partial charge in [-0.25, -0.2) is 13.1 Å². The fraction of sp³-hybridized carbons (Fsp3) is 0.0588. The van der Waals surface area contributed by atoms with Crippen LogP contribution in [-0.2, 0) is 16.6 Å². The second-order valence-electron chi connectivity index (χ2n) is 5.26. The number of halogens is 3. The molecule has 0 atom stereocenters. The van der Waals surface area contributed by atoms with E-state index in [-0.39, 0.29) is 23.8 Å². The van der Waals surface area contributed by atoms with Gasteiger partial charge in [-0.05, 0) is 29.8 Å². The molecule has 0 aliphatic carbocycles. The largest absolute Gasteiger partial charge is 0.398 e. The minimum atomic E-state index is -3.73. The fourth-order valence-electron chi connectivity index (χ4n) is 2.46. The summed E-state index contributed by atoms with van der Waals surface area (Å²) >= 11 is 11.9. The summed E-state index contributed by atoms with van der Waals surface area (Å²) in [6, 6.07) is 15.1. The van der Waals surface area contributed by atoms with Gasteiger partial charge in [0, 0.05) is 33.0 Å². The van der Waals surface area contributed by atoms with Crippen molar-refractivity contribution in [3.8, 4) is 0 Å². The highest BCUT2D eigenvalue weighted by molar-refractivity contribution is 7.89. The van der Waals surface area contributed by atoms with Crippen LogP contribution in [0.1, 0.15) is 5.56 Å². The minimum absolute atomic E-state index is 0. The predicted molar refractivity (Wildman–Crippen MR) is 106 cm³/mol. The highest BCUT2D eigenvalue weighted by Gasteiger charge is 2.18. The molecule has 0 aliphatic rings.